The summed E-state index contributed by atoms with van der Waals surface area (Å²) in [5, 5.41) is 0.183. The highest BCUT2D eigenvalue weighted by molar-refractivity contribution is 7.92. The average molecular weight is 483 g/mol. The average Bonchev–Trinajstić information content (AvgIpc) is 3.34. The Morgan fingerprint density at radius 1 is 1.09 bits per heavy atom. The van der Waals surface area contributed by atoms with Gasteiger partial charge in [-0.2, -0.15) is 0 Å². The Morgan fingerprint density at radius 2 is 1.72 bits per heavy atom. The summed E-state index contributed by atoms with van der Waals surface area (Å²) < 4.78 is 51.6. The summed E-state index contributed by atoms with van der Waals surface area (Å²) in [6.45, 7) is 2.20. The van der Waals surface area contributed by atoms with Gasteiger partial charge < -0.3 is 14.4 Å². The number of amides is 1. The van der Waals surface area contributed by atoms with E-state index in [0.29, 0.717) is 32.0 Å². The molecule has 2 saturated heterocycles. The van der Waals surface area contributed by atoms with Crippen LogP contribution in [0, 0.1) is 11.7 Å². The number of hydrogen-bond acceptors (Lipinski definition) is 5. The second kappa shape index (κ2) is 9.35. The van der Waals surface area contributed by atoms with Gasteiger partial charge in [-0.15, -0.1) is 0 Å². The third-order valence-corrected chi connectivity index (χ3v) is 7.99. The summed E-state index contributed by atoms with van der Waals surface area (Å²) in [7, 11) is -2.61. The molecule has 0 radical (unpaired) electrons. The molecule has 2 aromatic carbocycles. The maximum atomic E-state index is 13.2. The number of sulfonamides is 1. The quantitative estimate of drug-likeness (QED) is 0.651. The van der Waals surface area contributed by atoms with Gasteiger partial charge in [0.1, 0.15) is 5.82 Å². The van der Waals surface area contributed by atoms with Gasteiger partial charge >= 0.3 is 0 Å². The molecule has 4 rings (SSSR count). The van der Waals surface area contributed by atoms with Crippen LogP contribution in [0.5, 0.6) is 0 Å². The molecule has 10 heteroatoms. The molecule has 0 unspecified atom stereocenters. The van der Waals surface area contributed by atoms with Crippen molar-refractivity contribution < 1.29 is 27.1 Å². The number of rotatable bonds is 5. The molecule has 2 fully saturated rings. The van der Waals surface area contributed by atoms with Gasteiger partial charge in [0.2, 0.25) is 0 Å². The predicted molar refractivity (Wildman–Crippen MR) is 118 cm³/mol. The highest BCUT2D eigenvalue weighted by Gasteiger charge is 2.33. The zero-order valence-electron chi connectivity index (χ0n) is 17.5. The summed E-state index contributed by atoms with van der Waals surface area (Å²) in [5.41, 5.74) is 0.430. The number of nitrogens with zero attached hydrogens (tertiary/aromatic N) is 2. The molecule has 2 aliphatic rings. The summed E-state index contributed by atoms with van der Waals surface area (Å²) >= 11 is 6.27. The van der Waals surface area contributed by atoms with E-state index in [0.717, 1.165) is 17.1 Å². The standard InChI is InChI=1S/C22H24ClFN2O5S/c1-25(17-4-2-16(24)3-5-17)32(28,29)18-6-7-20(23)19(14-18)21(27)26-10-8-15(9-11-26)22-30-12-13-31-22/h2-7,14-15,22H,8-13H2,1H3. The molecule has 2 heterocycles. The van der Waals surface area contributed by atoms with Crippen LogP contribution in [0.1, 0.15) is 23.2 Å². The van der Waals surface area contributed by atoms with Crippen molar-refractivity contribution in [2.75, 3.05) is 37.7 Å². The largest absolute Gasteiger partial charge is 0.350 e. The number of benzene rings is 2. The smallest absolute Gasteiger partial charge is 0.264 e. The third kappa shape index (κ3) is 4.61. The van der Waals surface area contributed by atoms with Crippen LogP contribution in [0.15, 0.2) is 47.4 Å². The molecule has 2 aliphatic heterocycles. The lowest BCUT2D eigenvalue weighted by molar-refractivity contribution is -0.0956. The van der Waals surface area contributed by atoms with Gasteiger partial charge in [0, 0.05) is 26.1 Å². The summed E-state index contributed by atoms with van der Waals surface area (Å²) in [6.07, 6.45) is 1.25. The minimum absolute atomic E-state index is 0.0697. The Labute approximate surface area is 191 Å². The van der Waals surface area contributed by atoms with Gasteiger partial charge in [0.15, 0.2) is 6.29 Å². The SMILES string of the molecule is CN(c1ccc(F)cc1)S(=O)(=O)c1ccc(Cl)c(C(=O)N2CCC(C3OCCO3)CC2)c1. The molecule has 172 valence electrons. The van der Waals surface area contributed by atoms with Crippen LogP contribution in [0.4, 0.5) is 10.1 Å². The van der Waals surface area contributed by atoms with E-state index in [1.165, 1.54) is 49.5 Å². The fourth-order valence-corrected chi connectivity index (χ4v) is 5.39. The van der Waals surface area contributed by atoms with Crippen molar-refractivity contribution in [2.24, 2.45) is 5.92 Å². The Kier molecular flexibility index (Phi) is 6.71. The molecule has 0 saturated carbocycles. The van der Waals surface area contributed by atoms with Crippen LogP contribution in [0.3, 0.4) is 0 Å². The van der Waals surface area contributed by atoms with E-state index in [4.69, 9.17) is 21.1 Å². The normalized spacial score (nSPS) is 18.2. The molecule has 0 aromatic heterocycles. The molecule has 2 aromatic rings. The van der Waals surface area contributed by atoms with Crippen LogP contribution in [-0.2, 0) is 19.5 Å². The fraction of sp³-hybridized carbons (Fsp3) is 0.409. The van der Waals surface area contributed by atoms with E-state index in [1.807, 2.05) is 0 Å². The van der Waals surface area contributed by atoms with Crippen molar-refractivity contribution in [2.45, 2.75) is 24.0 Å². The van der Waals surface area contributed by atoms with E-state index in [2.05, 4.69) is 0 Å². The number of hydrogen-bond donors (Lipinski definition) is 0. The first-order valence-corrected chi connectivity index (χ1v) is 12.2. The first-order valence-electron chi connectivity index (χ1n) is 10.3. The van der Waals surface area contributed by atoms with Crippen molar-refractivity contribution in [3.8, 4) is 0 Å². The molecule has 7 nitrogen and oxygen atoms in total. The van der Waals surface area contributed by atoms with E-state index in [9.17, 15) is 17.6 Å². The van der Waals surface area contributed by atoms with Crippen LogP contribution >= 0.6 is 11.6 Å². The molecule has 0 atom stereocenters. The number of ether oxygens (including phenoxy) is 2. The number of anilines is 1. The first kappa shape index (κ1) is 23.0. The van der Waals surface area contributed by atoms with E-state index in [-0.39, 0.29) is 33.6 Å². The number of piperidine rings is 1. The van der Waals surface area contributed by atoms with E-state index >= 15 is 0 Å². The monoisotopic (exact) mass is 482 g/mol. The Bertz CT molecular complexity index is 1080. The van der Waals surface area contributed by atoms with E-state index in [1.54, 1.807) is 4.90 Å². The minimum Gasteiger partial charge on any atom is -0.350 e. The molecular weight excluding hydrogens is 459 g/mol. The maximum absolute atomic E-state index is 13.2. The number of carbonyl (C=O) groups excluding carboxylic acids is 1. The van der Waals surface area contributed by atoms with Crippen molar-refractivity contribution >= 4 is 33.2 Å². The zero-order chi connectivity index (χ0) is 22.9. The highest BCUT2D eigenvalue weighted by atomic mass is 35.5. The number of carbonyl (C=O) groups is 1. The summed E-state index contributed by atoms with van der Waals surface area (Å²) in [6, 6.07) is 9.18. The van der Waals surface area contributed by atoms with E-state index < -0.39 is 15.8 Å². The highest BCUT2D eigenvalue weighted by Crippen LogP contribution is 2.30. The zero-order valence-corrected chi connectivity index (χ0v) is 19.1. The van der Waals surface area contributed by atoms with Crippen molar-refractivity contribution in [1.29, 1.82) is 0 Å². The molecule has 0 aliphatic carbocycles. The lowest BCUT2D eigenvalue weighted by atomic mass is 9.95. The maximum Gasteiger partial charge on any atom is 0.264 e. The lowest BCUT2D eigenvalue weighted by Gasteiger charge is -2.34. The van der Waals surface area contributed by atoms with Crippen LogP contribution in [0.25, 0.3) is 0 Å². The van der Waals surface area contributed by atoms with Crippen LogP contribution < -0.4 is 4.31 Å². The van der Waals surface area contributed by atoms with Gasteiger partial charge in [-0.25, -0.2) is 12.8 Å². The lowest BCUT2D eigenvalue weighted by Crippen LogP contribution is -2.41. The molecule has 1 amide bonds. The van der Waals surface area contributed by atoms with Crippen molar-refractivity contribution in [1.82, 2.24) is 4.90 Å². The molecule has 32 heavy (non-hydrogen) atoms. The minimum atomic E-state index is -3.98. The van der Waals surface area contributed by atoms with Crippen molar-refractivity contribution in [3.05, 3.63) is 58.9 Å². The summed E-state index contributed by atoms with van der Waals surface area (Å²) in [5.74, 6) is -0.551. The summed E-state index contributed by atoms with van der Waals surface area (Å²) in [4.78, 5) is 14.7. The Balaban J connectivity index is 1.52. The molecule has 0 spiro atoms. The third-order valence-electron chi connectivity index (χ3n) is 5.88. The Morgan fingerprint density at radius 3 is 2.34 bits per heavy atom. The van der Waals surface area contributed by atoms with Gasteiger partial charge in [0.25, 0.3) is 15.9 Å². The van der Waals surface area contributed by atoms with Gasteiger partial charge in [-0.1, -0.05) is 11.6 Å². The van der Waals surface area contributed by atoms with Gasteiger partial charge in [-0.05, 0) is 55.3 Å². The van der Waals surface area contributed by atoms with Gasteiger partial charge in [0.05, 0.1) is 34.4 Å². The second-order valence-electron chi connectivity index (χ2n) is 7.83. The fourth-order valence-electron chi connectivity index (χ4n) is 3.97. The van der Waals surface area contributed by atoms with Gasteiger partial charge in [-0.3, -0.25) is 9.10 Å². The van der Waals surface area contributed by atoms with Crippen LogP contribution in [0.2, 0.25) is 5.02 Å². The second-order valence-corrected chi connectivity index (χ2v) is 10.2. The Hall–Kier alpha value is -2.20. The molecule has 0 bridgehead atoms. The molecule has 0 N–H and O–H groups in total. The van der Waals surface area contributed by atoms with Crippen molar-refractivity contribution in [3.63, 3.8) is 0 Å². The predicted octanol–water partition coefficient (Wildman–Crippen LogP) is 3.53. The topological polar surface area (TPSA) is 76.2 Å². The number of halogens is 2. The molecular formula is C22H24ClFN2O5S. The first-order chi connectivity index (χ1) is 15.3. The van der Waals surface area contributed by atoms with Crippen LogP contribution in [-0.4, -0.2) is 58.9 Å². The number of likely N-dealkylation sites (tertiary alicyclic amines) is 1.